The summed E-state index contributed by atoms with van der Waals surface area (Å²) in [6.45, 7) is 5.61. The molecule has 0 saturated carbocycles. The van der Waals surface area contributed by atoms with E-state index < -0.39 is 11.9 Å². The third-order valence-electron chi connectivity index (χ3n) is 2.86. The van der Waals surface area contributed by atoms with Crippen molar-refractivity contribution < 1.29 is 14.4 Å². The van der Waals surface area contributed by atoms with Gasteiger partial charge in [-0.25, -0.2) is 0 Å². The van der Waals surface area contributed by atoms with Gasteiger partial charge in [-0.3, -0.25) is 19.7 Å². The van der Waals surface area contributed by atoms with E-state index in [0.717, 1.165) is 12.8 Å². The number of piperidine rings is 1. The second kappa shape index (κ2) is 8.09. The van der Waals surface area contributed by atoms with E-state index in [1.807, 2.05) is 13.0 Å². The number of amides is 3. The van der Waals surface area contributed by atoms with Gasteiger partial charge in [0.05, 0.1) is 0 Å². The Bertz CT molecular complexity index is 464. The van der Waals surface area contributed by atoms with E-state index in [9.17, 15) is 14.4 Å². The van der Waals surface area contributed by atoms with Crippen molar-refractivity contribution in [1.82, 2.24) is 10.6 Å². The first kappa shape index (κ1) is 15.9. The largest absolute Gasteiger partial charge is 0.340 e. The molecule has 5 nitrogen and oxygen atoms in total. The van der Waals surface area contributed by atoms with Crippen LogP contribution in [0.3, 0.4) is 0 Å². The summed E-state index contributed by atoms with van der Waals surface area (Å²) in [6.07, 6.45) is 9.17. The average Bonchev–Trinajstić information content (AvgIpc) is 2.41. The number of imide groups is 1. The molecule has 1 atom stereocenters. The van der Waals surface area contributed by atoms with E-state index >= 15 is 0 Å². The van der Waals surface area contributed by atoms with Gasteiger partial charge in [-0.15, -0.1) is 0 Å². The molecule has 0 aromatic heterocycles. The molecule has 0 aromatic carbocycles. The highest BCUT2D eigenvalue weighted by Crippen LogP contribution is 2.07. The van der Waals surface area contributed by atoms with Crippen molar-refractivity contribution in [3.05, 3.63) is 36.5 Å². The van der Waals surface area contributed by atoms with Crippen molar-refractivity contribution in [3.8, 4) is 0 Å². The Morgan fingerprint density at radius 2 is 2.25 bits per heavy atom. The van der Waals surface area contributed by atoms with E-state index in [4.69, 9.17) is 0 Å². The summed E-state index contributed by atoms with van der Waals surface area (Å²) in [5.41, 5.74) is 0.443. The van der Waals surface area contributed by atoms with Crippen LogP contribution >= 0.6 is 0 Å². The lowest BCUT2D eigenvalue weighted by molar-refractivity contribution is -0.136. The number of unbranched alkanes of at least 4 members (excludes halogenated alkanes) is 1. The number of hydrogen-bond acceptors (Lipinski definition) is 3. The van der Waals surface area contributed by atoms with E-state index in [-0.39, 0.29) is 18.2 Å². The Labute approximate surface area is 118 Å². The van der Waals surface area contributed by atoms with Crippen LogP contribution in [0.25, 0.3) is 0 Å². The Morgan fingerprint density at radius 1 is 1.50 bits per heavy atom. The minimum absolute atomic E-state index is 0.239. The normalized spacial score (nSPS) is 19.9. The van der Waals surface area contributed by atoms with E-state index in [1.165, 1.54) is 6.08 Å². The van der Waals surface area contributed by atoms with Crippen molar-refractivity contribution >= 4 is 17.7 Å². The van der Waals surface area contributed by atoms with Gasteiger partial charge in [-0.2, -0.15) is 0 Å². The lowest BCUT2D eigenvalue weighted by Gasteiger charge is -2.21. The van der Waals surface area contributed by atoms with Crippen LogP contribution in [0, 0.1) is 0 Å². The number of carbonyl (C=O) groups excluding carboxylic acids is 3. The average molecular weight is 276 g/mol. The molecule has 1 unspecified atom stereocenters. The Morgan fingerprint density at radius 3 is 2.85 bits per heavy atom. The molecule has 0 aromatic rings. The van der Waals surface area contributed by atoms with Crippen LogP contribution in [0.2, 0.25) is 0 Å². The molecule has 1 aliphatic rings. The molecule has 1 saturated heterocycles. The molecule has 0 bridgehead atoms. The van der Waals surface area contributed by atoms with Crippen LogP contribution < -0.4 is 10.6 Å². The summed E-state index contributed by atoms with van der Waals surface area (Å²) in [5.74, 6) is -1.10. The number of rotatable bonds is 6. The molecule has 0 aliphatic carbocycles. The van der Waals surface area contributed by atoms with Crippen LogP contribution in [-0.4, -0.2) is 23.8 Å². The molecule has 0 spiro atoms. The minimum atomic E-state index is -0.659. The number of allylic oxidation sites excluding steroid dienone is 3. The summed E-state index contributed by atoms with van der Waals surface area (Å²) in [6, 6.07) is -0.659. The predicted octanol–water partition coefficient (Wildman–Crippen LogP) is 1.38. The minimum Gasteiger partial charge on any atom is -0.340 e. The Kier molecular flexibility index (Phi) is 6.43. The topological polar surface area (TPSA) is 75.3 Å². The zero-order chi connectivity index (χ0) is 15.0. The van der Waals surface area contributed by atoms with Gasteiger partial charge >= 0.3 is 0 Å². The lowest BCUT2D eigenvalue weighted by atomic mass is 10.1. The molecular weight excluding hydrogens is 256 g/mol. The Hall–Kier alpha value is -2.17. The van der Waals surface area contributed by atoms with Crippen LogP contribution in [0.1, 0.15) is 32.6 Å². The van der Waals surface area contributed by atoms with Crippen molar-refractivity contribution in [2.24, 2.45) is 0 Å². The molecule has 0 radical (unpaired) electrons. The van der Waals surface area contributed by atoms with Gasteiger partial charge in [0, 0.05) is 12.0 Å². The smallest absolute Gasteiger partial charge is 0.251 e. The maximum atomic E-state index is 12.1. The van der Waals surface area contributed by atoms with Gasteiger partial charge in [0.1, 0.15) is 6.04 Å². The molecule has 1 heterocycles. The summed E-state index contributed by atoms with van der Waals surface area (Å²) >= 11 is 0. The third kappa shape index (κ3) is 4.84. The van der Waals surface area contributed by atoms with Crippen molar-refractivity contribution in [2.45, 2.75) is 38.6 Å². The molecular formula is C15H20N2O3. The van der Waals surface area contributed by atoms with Gasteiger partial charge in [0.2, 0.25) is 11.8 Å². The number of nitrogens with one attached hydrogen (secondary N) is 2. The third-order valence-corrected chi connectivity index (χ3v) is 2.86. The summed E-state index contributed by atoms with van der Waals surface area (Å²) in [7, 11) is 0. The summed E-state index contributed by atoms with van der Waals surface area (Å²) < 4.78 is 0. The zero-order valence-electron chi connectivity index (χ0n) is 11.6. The standard InChI is InChI=1S/C15H20N2O3/c1-3-5-6-8-11(7-4-2)14(19)16-12-9-10-13(18)17-15(12)20/h4,6-8,12H,2-3,5,9-10H2,1H3,(H,16,19)(H,17,18,20)/b8-6?,11-7+. The second-order valence-corrected chi connectivity index (χ2v) is 4.53. The second-order valence-electron chi connectivity index (χ2n) is 4.53. The monoisotopic (exact) mass is 276 g/mol. The van der Waals surface area contributed by atoms with E-state index in [2.05, 4.69) is 17.2 Å². The van der Waals surface area contributed by atoms with Crippen LogP contribution in [0.5, 0.6) is 0 Å². The van der Waals surface area contributed by atoms with Gasteiger partial charge < -0.3 is 5.32 Å². The van der Waals surface area contributed by atoms with Gasteiger partial charge in [-0.05, 0) is 12.8 Å². The van der Waals surface area contributed by atoms with Crippen LogP contribution in [-0.2, 0) is 14.4 Å². The maximum absolute atomic E-state index is 12.1. The molecule has 20 heavy (non-hydrogen) atoms. The Balaban J connectivity index is 2.67. The molecule has 1 fully saturated rings. The first-order valence-electron chi connectivity index (χ1n) is 6.72. The first-order valence-corrected chi connectivity index (χ1v) is 6.72. The first-order chi connectivity index (χ1) is 9.58. The SMILES string of the molecule is C=C/C=C(\C=CCCC)C(=O)NC1CCC(=O)NC1=O. The van der Waals surface area contributed by atoms with Crippen molar-refractivity contribution in [2.75, 3.05) is 0 Å². The fraction of sp³-hybridized carbons (Fsp3) is 0.400. The van der Waals surface area contributed by atoms with Crippen LogP contribution in [0.4, 0.5) is 0 Å². The van der Waals surface area contributed by atoms with Gasteiger partial charge in [0.25, 0.3) is 5.91 Å². The quantitative estimate of drug-likeness (QED) is 0.437. The van der Waals surface area contributed by atoms with Gasteiger partial charge in [0.15, 0.2) is 0 Å². The molecule has 1 rings (SSSR count). The molecule has 108 valence electrons. The summed E-state index contributed by atoms with van der Waals surface area (Å²) in [5, 5.41) is 4.84. The predicted molar refractivity (Wildman–Crippen MR) is 76.6 cm³/mol. The van der Waals surface area contributed by atoms with Gasteiger partial charge in [-0.1, -0.05) is 44.2 Å². The molecule has 3 amide bonds. The maximum Gasteiger partial charge on any atom is 0.251 e. The van der Waals surface area contributed by atoms with E-state index in [1.54, 1.807) is 12.2 Å². The number of hydrogen-bond donors (Lipinski definition) is 2. The van der Waals surface area contributed by atoms with Crippen LogP contribution in [0.15, 0.2) is 36.5 Å². The zero-order valence-corrected chi connectivity index (χ0v) is 11.6. The molecule has 1 aliphatic heterocycles. The molecule has 2 N–H and O–H groups in total. The van der Waals surface area contributed by atoms with E-state index in [0.29, 0.717) is 12.0 Å². The van der Waals surface area contributed by atoms with Crippen molar-refractivity contribution in [3.63, 3.8) is 0 Å². The number of carbonyl (C=O) groups is 3. The highest BCUT2D eigenvalue weighted by molar-refractivity contribution is 6.04. The lowest BCUT2D eigenvalue weighted by Crippen LogP contribution is -2.52. The fourth-order valence-electron chi connectivity index (χ4n) is 1.78. The molecule has 5 heteroatoms. The highest BCUT2D eigenvalue weighted by Gasteiger charge is 2.28. The highest BCUT2D eigenvalue weighted by atomic mass is 16.2. The van der Waals surface area contributed by atoms with Crippen molar-refractivity contribution in [1.29, 1.82) is 0 Å². The fourth-order valence-corrected chi connectivity index (χ4v) is 1.78. The summed E-state index contributed by atoms with van der Waals surface area (Å²) in [4.78, 5) is 34.7.